The summed E-state index contributed by atoms with van der Waals surface area (Å²) in [5.41, 5.74) is 0.714. The van der Waals surface area contributed by atoms with E-state index in [0.717, 1.165) is 30.7 Å². The molecule has 1 fully saturated rings. The lowest BCUT2D eigenvalue weighted by molar-refractivity contribution is -0.920. The molecule has 1 aromatic rings. The van der Waals surface area contributed by atoms with Crippen molar-refractivity contribution in [2.24, 2.45) is 0 Å². The molecule has 8 heteroatoms. The third-order valence-corrected chi connectivity index (χ3v) is 6.00. The van der Waals surface area contributed by atoms with Crippen molar-refractivity contribution in [3.63, 3.8) is 0 Å². The van der Waals surface area contributed by atoms with Crippen LogP contribution in [0.15, 0.2) is 0 Å². The maximum atomic E-state index is 12.6. The van der Waals surface area contributed by atoms with Gasteiger partial charge in [-0.1, -0.05) is 0 Å². The molecule has 2 N–H and O–H groups in total. The van der Waals surface area contributed by atoms with Crippen LogP contribution in [-0.2, 0) is 14.3 Å². The van der Waals surface area contributed by atoms with E-state index in [1.54, 1.807) is 20.8 Å². The maximum absolute atomic E-state index is 12.6. The van der Waals surface area contributed by atoms with E-state index < -0.39 is 11.9 Å². The second kappa shape index (κ2) is 9.85. The van der Waals surface area contributed by atoms with E-state index in [4.69, 9.17) is 9.47 Å². The Labute approximate surface area is 164 Å². The van der Waals surface area contributed by atoms with Crippen LogP contribution in [0.2, 0.25) is 0 Å². The summed E-state index contributed by atoms with van der Waals surface area (Å²) >= 11 is 1.06. The van der Waals surface area contributed by atoms with E-state index in [1.807, 2.05) is 0 Å². The molecule has 150 valence electrons. The van der Waals surface area contributed by atoms with Crippen molar-refractivity contribution < 1.29 is 28.8 Å². The summed E-state index contributed by atoms with van der Waals surface area (Å²) < 4.78 is 10.2. The van der Waals surface area contributed by atoms with Crippen LogP contribution in [-0.4, -0.2) is 50.2 Å². The molecule has 0 spiro atoms. The van der Waals surface area contributed by atoms with Crippen molar-refractivity contribution in [1.82, 2.24) is 0 Å². The number of piperidine rings is 1. The van der Waals surface area contributed by atoms with E-state index in [9.17, 15) is 14.4 Å². The Balaban J connectivity index is 2.22. The highest BCUT2D eigenvalue weighted by atomic mass is 32.1. The smallest absolute Gasteiger partial charge is 0.348 e. The zero-order valence-corrected chi connectivity index (χ0v) is 17.3. The van der Waals surface area contributed by atoms with Crippen LogP contribution in [0.4, 0.5) is 5.00 Å². The minimum Gasteiger partial charge on any atom is -0.462 e. The predicted molar refractivity (Wildman–Crippen MR) is 104 cm³/mol. The number of amides is 1. The lowest BCUT2D eigenvalue weighted by atomic mass is 10.0. The molecule has 7 nitrogen and oxygen atoms in total. The average Bonchev–Trinajstić information content (AvgIpc) is 2.93. The van der Waals surface area contributed by atoms with Crippen LogP contribution in [0, 0.1) is 6.92 Å². The second-order valence-electron chi connectivity index (χ2n) is 6.73. The lowest BCUT2D eigenvalue weighted by Gasteiger charge is -2.29. The summed E-state index contributed by atoms with van der Waals surface area (Å²) in [6, 6.07) is 0.439. The van der Waals surface area contributed by atoms with Crippen LogP contribution in [0.5, 0.6) is 0 Å². The number of ether oxygens (including phenoxy) is 2. The van der Waals surface area contributed by atoms with Gasteiger partial charge in [0.25, 0.3) is 5.91 Å². The molecule has 1 unspecified atom stereocenters. The zero-order chi connectivity index (χ0) is 20.0. The number of rotatable bonds is 7. The third-order valence-electron chi connectivity index (χ3n) is 4.81. The summed E-state index contributed by atoms with van der Waals surface area (Å²) in [6.07, 6.45) is 3.43. The molecule has 2 heterocycles. The monoisotopic (exact) mass is 397 g/mol. The van der Waals surface area contributed by atoms with Crippen LogP contribution in [0.25, 0.3) is 0 Å². The second-order valence-corrected chi connectivity index (χ2v) is 7.75. The molecule has 27 heavy (non-hydrogen) atoms. The number of hydrogen-bond donors (Lipinski definition) is 2. The van der Waals surface area contributed by atoms with E-state index in [1.165, 1.54) is 11.3 Å². The van der Waals surface area contributed by atoms with Crippen LogP contribution in [0.1, 0.15) is 65.6 Å². The predicted octanol–water partition coefficient (Wildman–Crippen LogP) is 1.81. The van der Waals surface area contributed by atoms with Gasteiger partial charge in [-0.15, -0.1) is 11.3 Å². The third kappa shape index (κ3) is 5.29. The van der Waals surface area contributed by atoms with Crippen LogP contribution in [0.3, 0.4) is 0 Å². The Morgan fingerprint density at radius 2 is 1.81 bits per heavy atom. The molecular weight excluding hydrogens is 368 g/mol. The van der Waals surface area contributed by atoms with Gasteiger partial charge >= 0.3 is 11.9 Å². The van der Waals surface area contributed by atoms with Crippen molar-refractivity contribution >= 4 is 34.2 Å². The van der Waals surface area contributed by atoms with Gasteiger partial charge in [0.1, 0.15) is 9.88 Å². The highest BCUT2D eigenvalue weighted by Crippen LogP contribution is 2.34. The largest absolute Gasteiger partial charge is 0.462 e. The SMILES string of the molecule is CCOC(=O)c1sc(NC(=O)C[NH+]2CCCC[C@@H]2C)c(C(=O)OCC)c1C. The molecule has 1 aliphatic heterocycles. The molecule has 1 amide bonds. The van der Waals surface area contributed by atoms with Gasteiger partial charge < -0.3 is 19.7 Å². The Kier molecular flexibility index (Phi) is 7.79. The van der Waals surface area contributed by atoms with E-state index >= 15 is 0 Å². The Hall–Kier alpha value is -1.93. The van der Waals surface area contributed by atoms with Gasteiger partial charge in [0.2, 0.25) is 0 Å². The number of quaternary nitrogens is 1. The minimum atomic E-state index is -0.546. The Morgan fingerprint density at radius 1 is 1.15 bits per heavy atom. The number of esters is 2. The minimum absolute atomic E-state index is 0.166. The van der Waals surface area contributed by atoms with Crippen molar-refractivity contribution in [1.29, 1.82) is 0 Å². The van der Waals surface area contributed by atoms with Crippen molar-refractivity contribution in [3.05, 3.63) is 16.0 Å². The summed E-state index contributed by atoms with van der Waals surface area (Å²) in [5.74, 6) is -1.21. The molecule has 1 saturated heterocycles. The first-order valence-electron chi connectivity index (χ1n) is 9.51. The van der Waals surface area contributed by atoms with Crippen LogP contribution < -0.4 is 10.2 Å². The van der Waals surface area contributed by atoms with Gasteiger partial charge in [-0.3, -0.25) is 4.79 Å². The number of hydrogen-bond acceptors (Lipinski definition) is 6. The number of carbonyl (C=O) groups is 3. The van der Waals surface area contributed by atoms with Gasteiger partial charge in [-0.25, -0.2) is 9.59 Å². The topological polar surface area (TPSA) is 86.1 Å². The van der Waals surface area contributed by atoms with Crippen molar-refractivity contribution in [2.45, 2.75) is 53.0 Å². The Bertz CT molecular complexity index is 701. The molecule has 0 aromatic carbocycles. The molecule has 0 radical (unpaired) electrons. The first-order chi connectivity index (χ1) is 12.9. The molecule has 0 saturated carbocycles. The van der Waals surface area contributed by atoms with Gasteiger partial charge in [-0.05, 0) is 52.5 Å². The summed E-state index contributed by atoms with van der Waals surface area (Å²) in [6.45, 7) is 9.02. The van der Waals surface area contributed by atoms with Gasteiger partial charge in [0.05, 0.1) is 31.4 Å². The zero-order valence-electron chi connectivity index (χ0n) is 16.5. The van der Waals surface area contributed by atoms with Gasteiger partial charge in [-0.2, -0.15) is 0 Å². The van der Waals surface area contributed by atoms with E-state index in [2.05, 4.69) is 12.2 Å². The fourth-order valence-electron chi connectivity index (χ4n) is 3.33. The quantitative estimate of drug-likeness (QED) is 0.686. The molecule has 2 rings (SSSR count). The number of anilines is 1. The first-order valence-corrected chi connectivity index (χ1v) is 10.3. The first kappa shape index (κ1) is 21.4. The molecule has 0 aliphatic carbocycles. The summed E-state index contributed by atoms with van der Waals surface area (Å²) in [4.78, 5) is 38.7. The fourth-order valence-corrected chi connectivity index (χ4v) is 4.44. The number of nitrogens with one attached hydrogen (secondary N) is 2. The molecule has 2 atom stereocenters. The number of thiophene rings is 1. The van der Waals surface area contributed by atoms with Gasteiger partial charge in [0.15, 0.2) is 6.54 Å². The average molecular weight is 398 g/mol. The van der Waals surface area contributed by atoms with Crippen molar-refractivity contribution in [2.75, 3.05) is 31.6 Å². The molecule has 1 aliphatic rings. The Morgan fingerprint density at radius 3 is 2.44 bits per heavy atom. The normalized spacial score (nSPS) is 19.4. The highest BCUT2D eigenvalue weighted by molar-refractivity contribution is 7.18. The van der Waals surface area contributed by atoms with E-state index in [-0.39, 0.29) is 24.7 Å². The summed E-state index contributed by atoms with van der Waals surface area (Å²) in [7, 11) is 0. The molecule has 1 aromatic heterocycles. The van der Waals surface area contributed by atoms with Crippen LogP contribution >= 0.6 is 11.3 Å². The number of likely N-dealkylation sites (tertiary alicyclic amines) is 1. The molecular formula is C19H29N2O5S+. The maximum Gasteiger partial charge on any atom is 0.348 e. The van der Waals surface area contributed by atoms with Gasteiger partial charge in [0, 0.05) is 0 Å². The summed E-state index contributed by atoms with van der Waals surface area (Å²) in [5, 5.41) is 3.18. The lowest BCUT2D eigenvalue weighted by Crippen LogP contribution is -3.17. The van der Waals surface area contributed by atoms with E-state index in [0.29, 0.717) is 28.0 Å². The van der Waals surface area contributed by atoms with Crippen molar-refractivity contribution in [3.8, 4) is 0 Å². The standard InChI is InChI=1S/C19H28N2O5S/c1-5-25-18(23)15-13(4)16(19(24)26-6-2)27-17(15)20-14(22)11-21-10-8-7-9-12(21)3/h12H,5-11H2,1-4H3,(H,20,22)/p+1/t12-/m0/s1. The molecule has 0 bridgehead atoms. The highest BCUT2D eigenvalue weighted by Gasteiger charge is 2.29. The number of carbonyl (C=O) groups excluding carboxylic acids is 3. The fraction of sp³-hybridized carbons (Fsp3) is 0.632.